The van der Waals surface area contributed by atoms with Crippen LogP contribution < -0.4 is 0 Å². The fraction of sp³-hybridized carbons (Fsp3) is 0.739. The van der Waals surface area contributed by atoms with E-state index in [9.17, 15) is 26.3 Å². The Balaban J connectivity index is 0.000000301. The van der Waals surface area contributed by atoms with E-state index >= 15 is 0 Å². The highest BCUT2D eigenvalue weighted by molar-refractivity contribution is 5.73. The lowest BCUT2D eigenvalue weighted by atomic mass is 9.97. The van der Waals surface area contributed by atoms with Gasteiger partial charge in [0.1, 0.15) is 5.76 Å². The van der Waals surface area contributed by atoms with Gasteiger partial charge in [0, 0.05) is 39.0 Å². The summed E-state index contributed by atoms with van der Waals surface area (Å²) in [5, 5.41) is 14.2. The molecule has 3 aliphatic rings. The van der Waals surface area contributed by atoms with Crippen LogP contribution in [0, 0.1) is 5.92 Å². The molecule has 3 aliphatic heterocycles. The maximum Gasteiger partial charge on any atom is 0.490 e. The molecule has 2 N–H and O–H groups in total. The zero-order valence-electron chi connectivity index (χ0n) is 20.7. The number of alkyl halides is 6. The van der Waals surface area contributed by atoms with Crippen LogP contribution in [-0.2, 0) is 25.6 Å². The first kappa shape index (κ1) is 31.9. The normalized spacial score (nSPS) is 24.6. The van der Waals surface area contributed by atoms with E-state index in [1.165, 1.54) is 32.2 Å². The molecule has 0 aliphatic carbocycles. The number of likely N-dealkylation sites (N-methyl/N-ethyl adjacent to an activating group) is 1. The van der Waals surface area contributed by atoms with Crippen LogP contribution in [0.15, 0.2) is 22.8 Å². The topological polar surface area (TPSA) is 113 Å². The summed E-state index contributed by atoms with van der Waals surface area (Å²) in [6.45, 7) is 5.96. The summed E-state index contributed by atoms with van der Waals surface area (Å²) in [6.07, 6.45) is -3.17. The molecule has 0 amide bonds. The van der Waals surface area contributed by atoms with E-state index in [0.29, 0.717) is 18.2 Å². The number of fused-ring (bicyclic) bond motifs is 1. The second-order valence-corrected chi connectivity index (χ2v) is 9.22. The molecule has 4 heterocycles. The van der Waals surface area contributed by atoms with Gasteiger partial charge in [-0.2, -0.15) is 26.3 Å². The number of ether oxygens (including phenoxy) is 2. The Morgan fingerprint density at radius 3 is 2.11 bits per heavy atom. The third-order valence-electron chi connectivity index (χ3n) is 6.47. The summed E-state index contributed by atoms with van der Waals surface area (Å²) in [7, 11) is 2.21. The minimum atomic E-state index is -5.08. The van der Waals surface area contributed by atoms with Crippen molar-refractivity contribution in [1.82, 2.24) is 9.80 Å². The number of aliphatic carboxylic acids is 2. The molecule has 15 heteroatoms. The zero-order chi connectivity index (χ0) is 28.5. The Morgan fingerprint density at radius 1 is 1.03 bits per heavy atom. The average Bonchev–Trinajstić information content (AvgIpc) is 3.48. The third kappa shape index (κ3) is 10.1. The first-order valence-electron chi connectivity index (χ1n) is 12.0. The lowest BCUT2D eigenvalue weighted by molar-refractivity contribution is -0.193. The molecule has 3 fully saturated rings. The summed E-state index contributed by atoms with van der Waals surface area (Å²) in [6, 6.07) is 5.07. The number of carboxylic acids is 2. The van der Waals surface area contributed by atoms with Crippen LogP contribution in [0.5, 0.6) is 0 Å². The number of halogens is 6. The number of hydrogen-bond acceptors (Lipinski definition) is 7. The van der Waals surface area contributed by atoms with E-state index < -0.39 is 24.3 Å². The van der Waals surface area contributed by atoms with Crippen LogP contribution in [0.4, 0.5) is 26.3 Å². The first-order chi connectivity index (χ1) is 17.7. The van der Waals surface area contributed by atoms with Gasteiger partial charge < -0.3 is 24.1 Å². The molecule has 0 radical (unpaired) electrons. The van der Waals surface area contributed by atoms with Crippen molar-refractivity contribution < 1.29 is 60.0 Å². The minimum Gasteiger partial charge on any atom is -0.475 e. The van der Waals surface area contributed by atoms with Crippen molar-refractivity contribution in [3.63, 3.8) is 0 Å². The van der Waals surface area contributed by atoms with E-state index in [-0.39, 0.29) is 0 Å². The zero-order valence-corrected chi connectivity index (χ0v) is 20.7. The molecule has 218 valence electrons. The maximum atomic E-state index is 10.6. The van der Waals surface area contributed by atoms with Gasteiger partial charge in [-0.3, -0.25) is 9.80 Å². The van der Waals surface area contributed by atoms with Crippen molar-refractivity contribution in [2.24, 2.45) is 5.92 Å². The summed E-state index contributed by atoms with van der Waals surface area (Å²) in [4.78, 5) is 22.9. The van der Waals surface area contributed by atoms with Gasteiger partial charge in [0.25, 0.3) is 0 Å². The molecule has 38 heavy (non-hydrogen) atoms. The maximum absolute atomic E-state index is 10.6. The van der Waals surface area contributed by atoms with Crippen LogP contribution in [0.1, 0.15) is 31.4 Å². The van der Waals surface area contributed by atoms with Gasteiger partial charge in [-0.25, -0.2) is 9.59 Å². The molecule has 0 unspecified atom stereocenters. The van der Waals surface area contributed by atoms with Gasteiger partial charge >= 0.3 is 24.3 Å². The predicted octanol–water partition coefficient (Wildman–Crippen LogP) is 3.64. The number of likely N-dealkylation sites (tertiary alicyclic amines) is 1. The first-order valence-corrected chi connectivity index (χ1v) is 12.0. The highest BCUT2D eigenvalue weighted by atomic mass is 19.4. The van der Waals surface area contributed by atoms with E-state index in [2.05, 4.69) is 22.9 Å². The van der Waals surface area contributed by atoms with Crippen molar-refractivity contribution >= 4 is 11.9 Å². The summed E-state index contributed by atoms with van der Waals surface area (Å²) < 4.78 is 80.8. The number of nitrogens with zero attached hydrogens (tertiary/aromatic N) is 2. The Morgan fingerprint density at radius 2 is 1.61 bits per heavy atom. The highest BCUT2D eigenvalue weighted by Crippen LogP contribution is 2.33. The molecule has 0 bridgehead atoms. The smallest absolute Gasteiger partial charge is 0.475 e. The van der Waals surface area contributed by atoms with Gasteiger partial charge in [-0.1, -0.05) is 0 Å². The van der Waals surface area contributed by atoms with Crippen molar-refractivity contribution in [2.45, 2.75) is 62.8 Å². The molecule has 4 rings (SSSR count). The van der Waals surface area contributed by atoms with E-state index in [1.54, 1.807) is 6.26 Å². The molecule has 9 nitrogen and oxygen atoms in total. The second-order valence-electron chi connectivity index (χ2n) is 9.22. The van der Waals surface area contributed by atoms with Gasteiger partial charge in [-0.05, 0) is 50.8 Å². The molecule has 3 saturated heterocycles. The second kappa shape index (κ2) is 14.1. The Labute approximate surface area is 215 Å². The molecular weight excluding hydrogens is 530 g/mol. The van der Waals surface area contributed by atoms with Crippen LogP contribution in [0.2, 0.25) is 0 Å². The van der Waals surface area contributed by atoms with Crippen LogP contribution in [0.25, 0.3) is 0 Å². The SMILES string of the molecule is CN(Cc1ccco1)[C@@H]1CN(CC2CCOCC2)[C@@H]2CCCO[C@H]12.O=C(O)C(F)(F)F.O=C(O)C(F)(F)F. The Kier molecular flexibility index (Phi) is 11.9. The number of carbonyl (C=O) groups is 2. The van der Waals surface area contributed by atoms with E-state index in [1.807, 2.05) is 6.07 Å². The van der Waals surface area contributed by atoms with Crippen molar-refractivity contribution in [1.29, 1.82) is 0 Å². The molecule has 0 aromatic carbocycles. The molecule has 0 saturated carbocycles. The fourth-order valence-corrected chi connectivity index (χ4v) is 4.65. The lowest BCUT2D eigenvalue weighted by Crippen LogP contribution is -2.46. The minimum absolute atomic E-state index is 0.346. The van der Waals surface area contributed by atoms with Gasteiger partial charge in [0.2, 0.25) is 0 Å². The monoisotopic (exact) mass is 562 g/mol. The van der Waals surface area contributed by atoms with Crippen LogP contribution >= 0.6 is 0 Å². The molecule has 0 spiro atoms. The molecular formula is C23H32F6N2O7. The molecule has 1 aromatic heterocycles. The number of rotatable bonds is 5. The highest BCUT2D eigenvalue weighted by Gasteiger charge is 2.46. The van der Waals surface area contributed by atoms with E-state index in [0.717, 1.165) is 44.6 Å². The summed E-state index contributed by atoms with van der Waals surface area (Å²) in [5.41, 5.74) is 0. The van der Waals surface area contributed by atoms with Gasteiger partial charge in [0.15, 0.2) is 0 Å². The number of carboxylic acid groups (broad SMARTS) is 2. The third-order valence-corrected chi connectivity index (χ3v) is 6.47. The van der Waals surface area contributed by atoms with Gasteiger partial charge in [0.05, 0.1) is 25.0 Å². The van der Waals surface area contributed by atoms with Gasteiger partial charge in [-0.15, -0.1) is 0 Å². The summed E-state index contributed by atoms with van der Waals surface area (Å²) >= 11 is 0. The Hall–Kier alpha value is -2.36. The van der Waals surface area contributed by atoms with E-state index in [4.69, 9.17) is 33.7 Å². The summed E-state index contributed by atoms with van der Waals surface area (Å²) in [5.74, 6) is -3.69. The lowest BCUT2D eigenvalue weighted by Gasteiger charge is -2.35. The quantitative estimate of drug-likeness (QED) is 0.520. The molecule has 1 aromatic rings. The van der Waals surface area contributed by atoms with Crippen LogP contribution in [0.3, 0.4) is 0 Å². The Bertz CT molecular complexity index is 835. The number of furan rings is 1. The average molecular weight is 563 g/mol. The van der Waals surface area contributed by atoms with Crippen molar-refractivity contribution in [3.8, 4) is 0 Å². The molecule has 3 atom stereocenters. The predicted molar refractivity (Wildman–Crippen MR) is 119 cm³/mol. The van der Waals surface area contributed by atoms with Crippen LogP contribution in [-0.4, -0.2) is 102 Å². The van der Waals surface area contributed by atoms with Crippen molar-refractivity contribution in [3.05, 3.63) is 24.2 Å². The standard InChI is InChI=1S/C19H30N2O3.2C2HF3O2/c1-20(13-16-4-2-8-23-16)18-14-21(12-15-6-10-22-11-7-15)17-5-3-9-24-19(17)18;2*3-2(4,5)1(6)7/h2,4,8,15,17-19H,3,5-7,9-14H2,1H3;2*(H,6,7)/t17-,18-,19+;;/m1../s1. The number of hydrogen-bond donors (Lipinski definition) is 2. The van der Waals surface area contributed by atoms with Crippen molar-refractivity contribution in [2.75, 3.05) is 40.0 Å². The largest absolute Gasteiger partial charge is 0.490 e. The fourth-order valence-electron chi connectivity index (χ4n) is 4.65.